The van der Waals surface area contributed by atoms with Crippen LogP contribution in [0.1, 0.15) is 10.4 Å². The number of para-hydroxylation sites is 1. The molecule has 3 rings (SSSR count). The lowest BCUT2D eigenvalue weighted by molar-refractivity contribution is 0.0740. The average Bonchev–Trinajstić information content (AvgIpc) is 2.60. The lowest BCUT2D eigenvalue weighted by Crippen LogP contribution is -2.49. The molecule has 0 saturated carbocycles. The Hall–Kier alpha value is -2.50. The van der Waals surface area contributed by atoms with Crippen LogP contribution in [0.3, 0.4) is 0 Å². The SMILES string of the molecule is O=C(c1ccc(F)c(F)c1F)N1CCN(c2ccccc2)CC1. The van der Waals surface area contributed by atoms with Crippen LogP contribution in [0.25, 0.3) is 0 Å². The van der Waals surface area contributed by atoms with Crippen molar-refractivity contribution >= 4 is 11.6 Å². The minimum Gasteiger partial charge on any atom is -0.368 e. The highest BCUT2D eigenvalue weighted by Crippen LogP contribution is 2.20. The molecule has 6 heteroatoms. The molecule has 0 N–H and O–H groups in total. The van der Waals surface area contributed by atoms with Gasteiger partial charge in [0.15, 0.2) is 17.5 Å². The highest BCUT2D eigenvalue weighted by Gasteiger charge is 2.26. The summed E-state index contributed by atoms with van der Waals surface area (Å²) in [6, 6.07) is 11.5. The Balaban J connectivity index is 1.70. The lowest BCUT2D eigenvalue weighted by Gasteiger charge is -2.36. The fourth-order valence-corrected chi connectivity index (χ4v) is 2.67. The molecule has 0 unspecified atom stereocenters. The van der Waals surface area contributed by atoms with Crippen LogP contribution in [0.4, 0.5) is 18.9 Å². The molecule has 0 aliphatic carbocycles. The summed E-state index contributed by atoms with van der Waals surface area (Å²) >= 11 is 0. The molecule has 2 aromatic carbocycles. The zero-order valence-corrected chi connectivity index (χ0v) is 12.3. The number of hydrogen-bond donors (Lipinski definition) is 0. The normalized spacial score (nSPS) is 14.9. The van der Waals surface area contributed by atoms with Crippen LogP contribution in [0.2, 0.25) is 0 Å². The van der Waals surface area contributed by atoms with E-state index in [9.17, 15) is 18.0 Å². The van der Waals surface area contributed by atoms with E-state index >= 15 is 0 Å². The Morgan fingerprint density at radius 2 is 1.48 bits per heavy atom. The van der Waals surface area contributed by atoms with Crippen molar-refractivity contribution in [3.05, 3.63) is 65.5 Å². The van der Waals surface area contributed by atoms with Gasteiger partial charge in [-0.1, -0.05) is 18.2 Å². The van der Waals surface area contributed by atoms with Crippen LogP contribution in [0, 0.1) is 17.5 Å². The molecule has 1 fully saturated rings. The first-order valence-electron chi connectivity index (χ1n) is 7.30. The first kappa shape index (κ1) is 15.4. The summed E-state index contributed by atoms with van der Waals surface area (Å²) in [5, 5.41) is 0. The van der Waals surface area contributed by atoms with E-state index in [1.54, 1.807) is 0 Å². The quantitative estimate of drug-likeness (QED) is 0.794. The topological polar surface area (TPSA) is 23.6 Å². The molecule has 0 spiro atoms. The molecular formula is C17H15F3N2O. The number of anilines is 1. The van der Waals surface area contributed by atoms with E-state index in [0.29, 0.717) is 26.2 Å². The monoisotopic (exact) mass is 320 g/mol. The van der Waals surface area contributed by atoms with Gasteiger partial charge < -0.3 is 9.80 Å². The van der Waals surface area contributed by atoms with Crippen LogP contribution >= 0.6 is 0 Å². The first-order valence-corrected chi connectivity index (χ1v) is 7.30. The second kappa shape index (κ2) is 6.32. The third-order valence-corrected chi connectivity index (χ3v) is 3.95. The summed E-state index contributed by atoms with van der Waals surface area (Å²) in [6.07, 6.45) is 0. The third-order valence-electron chi connectivity index (χ3n) is 3.95. The molecule has 0 radical (unpaired) electrons. The number of piperazine rings is 1. The number of benzene rings is 2. The number of nitrogens with zero attached hydrogens (tertiary/aromatic N) is 2. The molecule has 120 valence electrons. The number of carbonyl (C=O) groups excluding carboxylic acids is 1. The van der Waals surface area contributed by atoms with Gasteiger partial charge in [0.25, 0.3) is 5.91 Å². The second-order valence-corrected chi connectivity index (χ2v) is 5.34. The van der Waals surface area contributed by atoms with E-state index in [-0.39, 0.29) is 0 Å². The van der Waals surface area contributed by atoms with Crippen molar-refractivity contribution in [2.24, 2.45) is 0 Å². The van der Waals surface area contributed by atoms with Crippen molar-refractivity contribution in [3.8, 4) is 0 Å². The Morgan fingerprint density at radius 1 is 0.826 bits per heavy atom. The Labute approximate surface area is 131 Å². The van der Waals surface area contributed by atoms with E-state index in [2.05, 4.69) is 4.90 Å². The molecule has 1 saturated heterocycles. The highest BCUT2D eigenvalue weighted by molar-refractivity contribution is 5.94. The molecule has 1 aliphatic rings. The minimum absolute atomic E-state index is 0.395. The molecular weight excluding hydrogens is 305 g/mol. The summed E-state index contributed by atoms with van der Waals surface area (Å²) in [6.45, 7) is 1.99. The van der Waals surface area contributed by atoms with Gasteiger partial charge in [0, 0.05) is 31.9 Å². The number of rotatable bonds is 2. The standard InChI is InChI=1S/C17H15F3N2O/c18-14-7-6-13(15(19)16(14)20)17(23)22-10-8-21(9-11-22)12-4-2-1-3-5-12/h1-7H,8-11H2. The minimum atomic E-state index is -1.61. The Bertz CT molecular complexity index is 713. The van der Waals surface area contributed by atoms with Crippen molar-refractivity contribution in [3.63, 3.8) is 0 Å². The van der Waals surface area contributed by atoms with Gasteiger partial charge in [-0.25, -0.2) is 13.2 Å². The maximum Gasteiger partial charge on any atom is 0.257 e. The van der Waals surface area contributed by atoms with Crippen LogP contribution in [0.5, 0.6) is 0 Å². The van der Waals surface area contributed by atoms with Gasteiger partial charge in [-0.05, 0) is 24.3 Å². The molecule has 1 heterocycles. The predicted molar refractivity (Wildman–Crippen MR) is 80.9 cm³/mol. The largest absolute Gasteiger partial charge is 0.368 e. The first-order chi connectivity index (χ1) is 11.1. The van der Waals surface area contributed by atoms with Gasteiger partial charge >= 0.3 is 0 Å². The molecule has 0 aromatic heterocycles. The van der Waals surface area contributed by atoms with E-state index in [1.807, 2.05) is 30.3 Å². The van der Waals surface area contributed by atoms with E-state index in [4.69, 9.17) is 0 Å². The zero-order valence-electron chi connectivity index (χ0n) is 12.3. The fourth-order valence-electron chi connectivity index (χ4n) is 2.67. The van der Waals surface area contributed by atoms with Crippen LogP contribution in [-0.2, 0) is 0 Å². The molecule has 2 aromatic rings. The van der Waals surface area contributed by atoms with Gasteiger partial charge in [-0.3, -0.25) is 4.79 Å². The molecule has 1 aliphatic heterocycles. The molecule has 0 bridgehead atoms. The van der Waals surface area contributed by atoms with Gasteiger partial charge in [0.2, 0.25) is 0 Å². The summed E-state index contributed by atoms with van der Waals surface area (Å²) in [4.78, 5) is 15.9. The average molecular weight is 320 g/mol. The summed E-state index contributed by atoms with van der Waals surface area (Å²) in [5.41, 5.74) is 0.621. The van der Waals surface area contributed by atoms with Crippen molar-refractivity contribution in [2.45, 2.75) is 0 Å². The second-order valence-electron chi connectivity index (χ2n) is 5.34. The number of amides is 1. The highest BCUT2D eigenvalue weighted by atomic mass is 19.2. The zero-order chi connectivity index (χ0) is 16.4. The number of carbonyl (C=O) groups is 1. The maximum absolute atomic E-state index is 13.7. The van der Waals surface area contributed by atoms with E-state index in [0.717, 1.165) is 17.8 Å². The number of hydrogen-bond acceptors (Lipinski definition) is 2. The van der Waals surface area contributed by atoms with Crippen molar-refractivity contribution in [1.29, 1.82) is 0 Å². The molecule has 0 atom stereocenters. The summed E-state index contributed by atoms with van der Waals surface area (Å²) in [7, 11) is 0. The van der Waals surface area contributed by atoms with Crippen LogP contribution in [0.15, 0.2) is 42.5 Å². The van der Waals surface area contributed by atoms with Gasteiger partial charge in [0.1, 0.15) is 0 Å². The van der Waals surface area contributed by atoms with Crippen LogP contribution in [-0.4, -0.2) is 37.0 Å². The number of halogens is 3. The smallest absolute Gasteiger partial charge is 0.257 e. The van der Waals surface area contributed by atoms with Crippen molar-refractivity contribution in [2.75, 3.05) is 31.1 Å². The van der Waals surface area contributed by atoms with Crippen molar-refractivity contribution in [1.82, 2.24) is 4.90 Å². The van der Waals surface area contributed by atoms with Crippen molar-refractivity contribution < 1.29 is 18.0 Å². The van der Waals surface area contributed by atoms with Crippen LogP contribution < -0.4 is 4.90 Å². The van der Waals surface area contributed by atoms with Gasteiger partial charge in [-0.15, -0.1) is 0 Å². The van der Waals surface area contributed by atoms with E-state index < -0.39 is 28.9 Å². The lowest BCUT2D eigenvalue weighted by atomic mass is 10.1. The van der Waals surface area contributed by atoms with Gasteiger partial charge in [-0.2, -0.15) is 0 Å². The molecule has 3 nitrogen and oxygen atoms in total. The molecule has 1 amide bonds. The predicted octanol–water partition coefficient (Wildman–Crippen LogP) is 3.07. The summed E-state index contributed by atoms with van der Waals surface area (Å²) in [5.74, 6) is -4.96. The van der Waals surface area contributed by atoms with Gasteiger partial charge in [0.05, 0.1) is 5.56 Å². The molecule has 23 heavy (non-hydrogen) atoms. The Kier molecular flexibility index (Phi) is 4.23. The fraction of sp³-hybridized carbons (Fsp3) is 0.235. The Morgan fingerprint density at radius 3 is 2.13 bits per heavy atom. The maximum atomic E-state index is 13.7. The third kappa shape index (κ3) is 3.02. The summed E-state index contributed by atoms with van der Waals surface area (Å²) < 4.78 is 40.0. The van der Waals surface area contributed by atoms with E-state index in [1.165, 1.54) is 4.90 Å².